The van der Waals surface area contributed by atoms with Crippen LogP contribution >= 0.6 is 0 Å². The summed E-state index contributed by atoms with van der Waals surface area (Å²) in [5.74, 6) is 0.260. The number of nitrogens with zero attached hydrogens (tertiary/aromatic N) is 1. The van der Waals surface area contributed by atoms with E-state index in [4.69, 9.17) is 4.74 Å². The highest BCUT2D eigenvalue weighted by molar-refractivity contribution is 7.90. The van der Waals surface area contributed by atoms with E-state index in [9.17, 15) is 18.3 Å². The number of rotatable bonds is 9. The Hall–Kier alpha value is -3.27. The summed E-state index contributed by atoms with van der Waals surface area (Å²) >= 11 is 0. The van der Waals surface area contributed by atoms with Gasteiger partial charge in [0, 0.05) is 37.5 Å². The van der Waals surface area contributed by atoms with Crippen molar-refractivity contribution in [2.24, 2.45) is 0 Å². The molecule has 0 saturated carbocycles. The Morgan fingerprint density at radius 1 is 1.17 bits per heavy atom. The van der Waals surface area contributed by atoms with Gasteiger partial charge in [-0.05, 0) is 59.9 Å². The molecule has 4 rings (SSSR count). The molecule has 0 saturated heterocycles. The van der Waals surface area contributed by atoms with E-state index in [1.165, 1.54) is 6.07 Å². The lowest BCUT2D eigenvalue weighted by Crippen LogP contribution is -2.36. The van der Waals surface area contributed by atoms with Gasteiger partial charge in [0.25, 0.3) is 10.0 Å². The van der Waals surface area contributed by atoms with Gasteiger partial charge < -0.3 is 15.2 Å². The molecule has 0 bridgehead atoms. The number of benzene rings is 2. The first-order valence-electron chi connectivity index (χ1n) is 11.6. The summed E-state index contributed by atoms with van der Waals surface area (Å²) in [6.45, 7) is 2.63. The van der Waals surface area contributed by atoms with Crippen LogP contribution in [0, 0.1) is 0 Å². The van der Waals surface area contributed by atoms with Crippen LogP contribution in [0.25, 0.3) is 11.1 Å². The fraction of sp³-hybridized carbons (Fsp3) is 0.308. The van der Waals surface area contributed by atoms with Crippen molar-refractivity contribution >= 4 is 15.9 Å². The molecule has 1 aliphatic heterocycles. The summed E-state index contributed by atoms with van der Waals surface area (Å²) in [4.78, 5) is 15.7. The number of pyridine rings is 1. The van der Waals surface area contributed by atoms with Crippen molar-refractivity contribution in [3.8, 4) is 16.9 Å². The molecule has 9 heteroatoms. The standard InChI is InChI=1S/C26H29N3O5S/c1-2-26(31)29-35(32,33)23-7-3-5-18(14-23)19-9-11-25-20(13-19)8-10-22(34-25)16-28-17-24(30)21-6-4-12-27-15-21/h3-7,9,11-15,22,24,28,30H,2,8,10,16-17H2,1H3,(H,29,31). The normalized spacial score (nSPS) is 16.1. The summed E-state index contributed by atoms with van der Waals surface area (Å²) in [5.41, 5.74) is 3.45. The molecular weight excluding hydrogens is 466 g/mol. The number of hydrogen-bond donors (Lipinski definition) is 3. The Bertz CT molecular complexity index is 1280. The molecular formula is C26H29N3O5S. The molecule has 8 nitrogen and oxygen atoms in total. The molecule has 3 N–H and O–H groups in total. The second kappa shape index (κ2) is 11.0. The van der Waals surface area contributed by atoms with Gasteiger partial charge in [0.15, 0.2) is 0 Å². The average Bonchev–Trinajstić information content (AvgIpc) is 2.88. The van der Waals surface area contributed by atoms with E-state index in [0.717, 1.165) is 40.8 Å². The fourth-order valence-electron chi connectivity index (χ4n) is 3.96. The van der Waals surface area contributed by atoms with Crippen LogP contribution in [0.2, 0.25) is 0 Å². The van der Waals surface area contributed by atoms with E-state index in [1.54, 1.807) is 37.5 Å². The maximum absolute atomic E-state index is 12.5. The third-order valence-corrected chi connectivity index (χ3v) is 7.29. The molecule has 0 spiro atoms. The molecule has 1 amide bonds. The van der Waals surface area contributed by atoms with Crippen LogP contribution in [-0.2, 0) is 21.2 Å². The number of aromatic nitrogens is 1. The highest BCUT2D eigenvalue weighted by Crippen LogP contribution is 2.32. The number of aryl methyl sites for hydroxylation is 1. The minimum Gasteiger partial charge on any atom is -0.489 e. The number of nitrogens with one attached hydrogen (secondary N) is 2. The molecule has 0 aliphatic carbocycles. The molecule has 0 fully saturated rings. The molecule has 184 valence electrons. The van der Waals surface area contributed by atoms with Crippen LogP contribution in [0.3, 0.4) is 0 Å². The number of carbonyl (C=O) groups is 1. The second-order valence-corrected chi connectivity index (χ2v) is 10.2. The number of aliphatic hydroxyl groups excluding tert-OH is 1. The number of ether oxygens (including phenoxy) is 1. The first-order chi connectivity index (χ1) is 16.9. The lowest BCUT2D eigenvalue weighted by Gasteiger charge is -2.27. The molecule has 2 atom stereocenters. The highest BCUT2D eigenvalue weighted by atomic mass is 32.2. The first-order valence-corrected chi connectivity index (χ1v) is 13.1. The van der Waals surface area contributed by atoms with Crippen molar-refractivity contribution < 1.29 is 23.1 Å². The Kier molecular flexibility index (Phi) is 7.80. The summed E-state index contributed by atoms with van der Waals surface area (Å²) < 4.78 is 33.2. The zero-order chi connectivity index (χ0) is 24.8. The maximum atomic E-state index is 12.5. The molecule has 2 aromatic carbocycles. The van der Waals surface area contributed by atoms with Crippen LogP contribution in [0.1, 0.15) is 37.0 Å². The van der Waals surface area contributed by atoms with Crippen molar-refractivity contribution in [1.82, 2.24) is 15.0 Å². The van der Waals surface area contributed by atoms with Crippen molar-refractivity contribution in [2.45, 2.75) is 43.3 Å². The highest BCUT2D eigenvalue weighted by Gasteiger charge is 2.21. The van der Waals surface area contributed by atoms with Gasteiger partial charge in [-0.3, -0.25) is 9.78 Å². The quantitative estimate of drug-likeness (QED) is 0.418. The minimum atomic E-state index is -3.91. The number of aliphatic hydroxyl groups is 1. The predicted octanol–water partition coefficient (Wildman–Crippen LogP) is 2.98. The monoisotopic (exact) mass is 495 g/mol. The van der Waals surface area contributed by atoms with Gasteiger partial charge >= 0.3 is 0 Å². The van der Waals surface area contributed by atoms with E-state index >= 15 is 0 Å². The number of amides is 1. The molecule has 1 aliphatic rings. The smallest absolute Gasteiger partial charge is 0.264 e. The number of hydrogen-bond acceptors (Lipinski definition) is 7. The molecule has 1 aromatic heterocycles. The number of fused-ring (bicyclic) bond motifs is 1. The first kappa shape index (κ1) is 24.8. The number of sulfonamides is 1. The summed E-state index contributed by atoms with van der Waals surface area (Å²) in [6, 6.07) is 16.0. The SMILES string of the molecule is CCC(=O)NS(=O)(=O)c1cccc(-c2ccc3c(c2)CCC(CNCC(O)c2cccnc2)O3)c1. The van der Waals surface area contributed by atoms with Crippen LogP contribution in [-0.4, -0.2) is 43.6 Å². The van der Waals surface area contributed by atoms with E-state index in [-0.39, 0.29) is 17.4 Å². The Morgan fingerprint density at radius 2 is 2.00 bits per heavy atom. The number of carbonyl (C=O) groups excluding carboxylic acids is 1. The summed E-state index contributed by atoms with van der Waals surface area (Å²) in [7, 11) is -3.91. The van der Waals surface area contributed by atoms with Crippen LogP contribution in [0.5, 0.6) is 5.75 Å². The zero-order valence-electron chi connectivity index (χ0n) is 19.5. The Labute approximate surface area is 205 Å². The van der Waals surface area contributed by atoms with E-state index in [2.05, 4.69) is 15.0 Å². The third-order valence-electron chi connectivity index (χ3n) is 5.92. The van der Waals surface area contributed by atoms with Crippen LogP contribution in [0.15, 0.2) is 71.9 Å². The van der Waals surface area contributed by atoms with Crippen LogP contribution < -0.4 is 14.8 Å². The maximum Gasteiger partial charge on any atom is 0.264 e. The van der Waals surface area contributed by atoms with Gasteiger partial charge in [-0.15, -0.1) is 0 Å². The second-order valence-electron chi connectivity index (χ2n) is 8.47. The lowest BCUT2D eigenvalue weighted by molar-refractivity contribution is -0.119. The van der Waals surface area contributed by atoms with Crippen molar-refractivity contribution in [2.75, 3.05) is 13.1 Å². The zero-order valence-corrected chi connectivity index (χ0v) is 20.3. The lowest BCUT2D eigenvalue weighted by atomic mass is 9.97. The molecule has 2 heterocycles. The molecule has 3 aromatic rings. The molecule has 2 unspecified atom stereocenters. The topological polar surface area (TPSA) is 118 Å². The van der Waals surface area contributed by atoms with E-state index in [0.29, 0.717) is 13.1 Å². The van der Waals surface area contributed by atoms with E-state index in [1.807, 2.05) is 30.3 Å². The Balaban J connectivity index is 1.39. The van der Waals surface area contributed by atoms with Gasteiger partial charge in [0.05, 0.1) is 11.0 Å². The average molecular weight is 496 g/mol. The summed E-state index contributed by atoms with van der Waals surface area (Å²) in [5, 5.41) is 13.5. The van der Waals surface area contributed by atoms with Crippen LogP contribution in [0.4, 0.5) is 0 Å². The predicted molar refractivity (Wildman–Crippen MR) is 132 cm³/mol. The summed E-state index contributed by atoms with van der Waals surface area (Å²) in [6.07, 6.45) is 4.43. The van der Waals surface area contributed by atoms with Crippen molar-refractivity contribution in [3.63, 3.8) is 0 Å². The van der Waals surface area contributed by atoms with Crippen molar-refractivity contribution in [1.29, 1.82) is 0 Å². The van der Waals surface area contributed by atoms with E-state index < -0.39 is 22.0 Å². The Morgan fingerprint density at radius 3 is 2.77 bits per heavy atom. The van der Waals surface area contributed by atoms with Gasteiger partial charge in [0.2, 0.25) is 5.91 Å². The van der Waals surface area contributed by atoms with Gasteiger partial charge in [-0.25, -0.2) is 13.1 Å². The largest absolute Gasteiger partial charge is 0.489 e. The van der Waals surface area contributed by atoms with Gasteiger partial charge in [-0.1, -0.05) is 31.2 Å². The molecule has 35 heavy (non-hydrogen) atoms. The van der Waals surface area contributed by atoms with Crippen molar-refractivity contribution in [3.05, 3.63) is 78.1 Å². The fourth-order valence-corrected chi connectivity index (χ4v) is 5.07. The molecule has 0 radical (unpaired) electrons. The minimum absolute atomic E-state index is 0.00917. The van der Waals surface area contributed by atoms with Gasteiger partial charge in [-0.2, -0.15) is 0 Å². The third kappa shape index (κ3) is 6.25. The van der Waals surface area contributed by atoms with Gasteiger partial charge in [0.1, 0.15) is 11.9 Å².